The summed E-state index contributed by atoms with van der Waals surface area (Å²) in [6.07, 6.45) is 5.14. The van der Waals surface area contributed by atoms with Crippen molar-refractivity contribution < 1.29 is 13.2 Å². The quantitative estimate of drug-likeness (QED) is 0.827. The Hall–Kier alpha value is -2.12. The summed E-state index contributed by atoms with van der Waals surface area (Å²) in [5, 5.41) is 0. The molecule has 0 bridgehead atoms. The van der Waals surface area contributed by atoms with E-state index in [1.165, 1.54) is 22.4 Å². The van der Waals surface area contributed by atoms with E-state index in [2.05, 4.69) is 10.8 Å². The number of nitrogens with two attached hydrogens (primary N) is 1. The molecule has 0 saturated heterocycles. The third-order valence-electron chi connectivity index (χ3n) is 4.46. The molecule has 1 heterocycles. The molecule has 2 aromatic rings. The van der Waals surface area contributed by atoms with Crippen LogP contribution in [-0.2, 0) is 23.5 Å². The molecule has 1 aromatic heterocycles. The van der Waals surface area contributed by atoms with Gasteiger partial charge in [0.25, 0.3) is 5.91 Å². The number of nitrogens with zero attached hydrogens (tertiary/aromatic N) is 1. The number of fused-ring (bicyclic) bond motifs is 1. The van der Waals surface area contributed by atoms with Crippen LogP contribution in [-0.4, -0.2) is 18.9 Å². The van der Waals surface area contributed by atoms with Crippen molar-refractivity contribution in [2.24, 2.45) is 12.8 Å². The molecule has 1 atom stereocenters. The first-order valence-corrected chi connectivity index (χ1v) is 9.43. The number of hydrogen-bond donors (Lipinski definition) is 2. The second-order valence-corrected chi connectivity index (χ2v) is 7.87. The van der Waals surface area contributed by atoms with Crippen molar-refractivity contribution in [2.45, 2.75) is 36.6 Å². The van der Waals surface area contributed by atoms with Gasteiger partial charge in [0, 0.05) is 19.3 Å². The molecule has 3 N–H and O–H groups in total. The van der Waals surface area contributed by atoms with Crippen LogP contribution in [0.4, 0.5) is 0 Å². The molecule has 128 valence electrons. The molecular formula is C17H21N3O3S. The summed E-state index contributed by atoms with van der Waals surface area (Å²) in [6.45, 7) is 0. The summed E-state index contributed by atoms with van der Waals surface area (Å²) in [4.78, 5) is 11.4. The van der Waals surface area contributed by atoms with Crippen molar-refractivity contribution in [2.75, 3.05) is 0 Å². The predicted octanol–water partition coefficient (Wildman–Crippen LogP) is 1.87. The Balaban J connectivity index is 1.92. The van der Waals surface area contributed by atoms with E-state index in [0.717, 1.165) is 31.2 Å². The van der Waals surface area contributed by atoms with E-state index >= 15 is 0 Å². The summed E-state index contributed by atoms with van der Waals surface area (Å²) in [7, 11) is -2.14. The molecule has 0 saturated carbocycles. The molecule has 0 unspecified atom stereocenters. The number of carbonyl (C=O) groups is 1. The summed E-state index contributed by atoms with van der Waals surface area (Å²) in [5.41, 5.74) is 7.65. The lowest BCUT2D eigenvalue weighted by Crippen LogP contribution is -2.28. The number of carbonyl (C=O) groups excluding carboxylic acids is 1. The SMILES string of the molecule is Cn1cc(S(=O)(=O)N[C@@H]2CCCCc3ccccc32)cc1C(N)=O. The Kier molecular flexibility index (Phi) is 4.47. The Bertz CT molecular complexity index is 871. The van der Waals surface area contributed by atoms with Crippen molar-refractivity contribution in [3.63, 3.8) is 0 Å². The summed E-state index contributed by atoms with van der Waals surface area (Å²) < 4.78 is 29.7. The standard InChI is InChI=1S/C17H21N3O3S/c1-20-11-13(10-16(20)17(18)21)24(22,23)19-15-9-5-3-7-12-6-2-4-8-14(12)15/h2,4,6,8,10-11,15,19H,3,5,7,9H2,1H3,(H2,18,21)/t15-/m1/s1. The number of primary amides is 1. The van der Waals surface area contributed by atoms with Gasteiger partial charge >= 0.3 is 0 Å². The van der Waals surface area contributed by atoms with Gasteiger partial charge < -0.3 is 10.3 Å². The van der Waals surface area contributed by atoms with Gasteiger partial charge in [-0.2, -0.15) is 0 Å². The molecule has 0 fully saturated rings. The first-order valence-electron chi connectivity index (χ1n) is 7.95. The number of rotatable bonds is 4. The molecule has 1 aromatic carbocycles. The highest BCUT2D eigenvalue weighted by molar-refractivity contribution is 7.89. The number of hydrogen-bond acceptors (Lipinski definition) is 3. The third kappa shape index (κ3) is 3.22. The van der Waals surface area contributed by atoms with E-state index in [-0.39, 0.29) is 16.6 Å². The van der Waals surface area contributed by atoms with Gasteiger partial charge in [-0.1, -0.05) is 30.7 Å². The largest absolute Gasteiger partial charge is 0.364 e. The van der Waals surface area contributed by atoms with Crippen LogP contribution >= 0.6 is 0 Å². The van der Waals surface area contributed by atoms with Crippen LogP contribution in [0.5, 0.6) is 0 Å². The maximum absolute atomic E-state index is 12.7. The highest BCUT2D eigenvalue weighted by atomic mass is 32.2. The van der Waals surface area contributed by atoms with Gasteiger partial charge in [-0.25, -0.2) is 13.1 Å². The van der Waals surface area contributed by atoms with E-state index in [1.54, 1.807) is 7.05 Å². The van der Waals surface area contributed by atoms with E-state index < -0.39 is 15.9 Å². The van der Waals surface area contributed by atoms with Gasteiger partial charge in [0.1, 0.15) is 10.6 Å². The Morgan fingerprint density at radius 3 is 2.75 bits per heavy atom. The average Bonchev–Trinajstić information content (AvgIpc) is 2.83. The molecule has 1 aliphatic carbocycles. The first kappa shape index (κ1) is 16.7. The Morgan fingerprint density at radius 1 is 1.29 bits per heavy atom. The van der Waals surface area contributed by atoms with Crippen LogP contribution in [0.25, 0.3) is 0 Å². The van der Waals surface area contributed by atoms with Gasteiger partial charge in [0.05, 0.1) is 0 Å². The maximum atomic E-state index is 12.7. The Labute approximate surface area is 141 Å². The third-order valence-corrected chi connectivity index (χ3v) is 5.90. The second-order valence-electron chi connectivity index (χ2n) is 6.15. The van der Waals surface area contributed by atoms with Crippen LogP contribution in [0.1, 0.15) is 46.9 Å². The summed E-state index contributed by atoms with van der Waals surface area (Å²) in [6, 6.07) is 8.99. The van der Waals surface area contributed by atoms with Gasteiger partial charge in [-0.05, 0) is 36.5 Å². The molecule has 0 spiro atoms. The van der Waals surface area contributed by atoms with E-state index in [1.807, 2.05) is 18.2 Å². The maximum Gasteiger partial charge on any atom is 0.265 e. The van der Waals surface area contributed by atoms with Gasteiger partial charge in [-0.15, -0.1) is 0 Å². The number of benzene rings is 1. The van der Waals surface area contributed by atoms with Crippen molar-refractivity contribution >= 4 is 15.9 Å². The first-order chi connectivity index (χ1) is 11.4. The molecule has 24 heavy (non-hydrogen) atoms. The van der Waals surface area contributed by atoms with Crippen molar-refractivity contribution in [1.82, 2.24) is 9.29 Å². The lowest BCUT2D eigenvalue weighted by atomic mass is 10.0. The van der Waals surface area contributed by atoms with E-state index in [0.29, 0.717) is 0 Å². The zero-order chi connectivity index (χ0) is 17.3. The van der Waals surface area contributed by atoms with Gasteiger partial charge in [0.15, 0.2) is 0 Å². The lowest BCUT2D eigenvalue weighted by Gasteiger charge is -2.19. The predicted molar refractivity (Wildman–Crippen MR) is 91.0 cm³/mol. The van der Waals surface area contributed by atoms with E-state index in [9.17, 15) is 13.2 Å². The van der Waals surface area contributed by atoms with Crippen LogP contribution in [0.15, 0.2) is 41.4 Å². The number of aromatic nitrogens is 1. The fourth-order valence-electron chi connectivity index (χ4n) is 3.23. The van der Waals surface area contributed by atoms with Crippen LogP contribution in [0.2, 0.25) is 0 Å². The van der Waals surface area contributed by atoms with Crippen molar-refractivity contribution in [3.05, 3.63) is 53.3 Å². The summed E-state index contributed by atoms with van der Waals surface area (Å²) >= 11 is 0. The van der Waals surface area contributed by atoms with Crippen molar-refractivity contribution in [3.8, 4) is 0 Å². The molecule has 0 aliphatic heterocycles. The molecule has 0 radical (unpaired) electrons. The van der Waals surface area contributed by atoms with Crippen molar-refractivity contribution in [1.29, 1.82) is 0 Å². The minimum absolute atomic E-state index is 0.0560. The number of amides is 1. The monoisotopic (exact) mass is 347 g/mol. The minimum Gasteiger partial charge on any atom is -0.364 e. The van der Waals surface area contributed by atoms with Gasteiger partial charge in [0.2, 0.25) is 10.0 Å². The number of nitrogens with one attached hydrogen (secondary N) is 1. The molecule has 3 rings (SSSR count). The fraction of sp³-hybridized carbons (Fsp3) is 0.353. The highest BCUT2D eigenvalue weighted by Gasteiger charge is 2.26. The molecule has 1 aliphatic rings. The fourth-order valence-corrected chi connectivity index (χ4v) is 4.54. The summed E-state index contributed by atoms with van der Waals surface area (Å²) in [5.74, 6) is -0.654. The van der Waals surface area contributed by atoms with Crippen LogP contribution in [0.3, 0.4) is 0 Å². The zero-order valence-corrected chi connectivity index (χ0v) is 14.3. The normalized spacial score (nSPS) is 18.0. The highest BCUT2D eigenvalue weighted by Crippen LogP contribution is 2.30. The number of sulfonamides is 1. The average molecular weight is 347 g/mol. The molecule has 6 nitrogen and oxygen atoms in total. The molecule has 7 heteroatoms. The van der Waals surface area contributed by atoms with Crippen LogP contribution < -0.4 is 10.5 Å². The molecule has 1 amide bonds. The Morgan fingerprint density at radius 2 is 2.04 bits per heavy atom. The molecular weight excluding hydrogens is 326 g/mol. The smallest absolute Gasteiger partial charge is 0.265 e. The zero-order valence-electron chi connectivity index (χ0n) is 13.5. The van der Waals surface area contributed by atoms with Crippen LogP contribution in [0, 0.1) is 0 Å². The van der Waals surface area contributed by atoms with E-state index in [4.69, 9.17) is 5.73 Å². The topological polar surface area (TPSA) is 94.2 Å². The lowest BCUT2D eigenvalue weighted by molar-refractivity contribution is 0.0992. The van der Waals surface area contributed by atoms with Gasteiger partial charge in [-0.3, -0.25) is 4.79 Å². The second kappa shape index (κ2) is 6.41. The number of aryl methyl sites for hydroxylation is 2. The minimum atomic E-state index is -3.73.